The Bertz CT molecular complexity index is 1160. The van der Waals surface area contributed by atoms with E-state index in [1.54, 1.807) is 30.3 Å². The standard InChI is InChI=1S/C22H22ClN5O6/c1-32-17-10-13(23)4-8-16(17)26-22-28-27-20(34-22)19(29)25-14-5-9-18(24-11-14)33-15-6-2-12(3-7-15)21(30)31/h4-5,8-12,15H,2-3,6-7H2,1H3,(H,25,29)(H,26,28)(H,30,31)/t12-,15-. The number of carbonyl (C=O) groups excluding carboxylic acids is 1. The molecule has 0 spiro atoms. The molecule has 178 valence electrons. The van der Waals surface area contributed by atoms with Crippen LogP contribution in [0.5, 0.6) is 11.6 Å². The van der Waals surface area contributed by atoms with E-state index in [2.05, 4.69) is 25.8 Å². The number of halogens is 1. The molecule has 3 aromatic rings. The molecule has 1 aliphatic rings. The molecule has 1 saturated carbocycles. The SMILES string of the molecule is COc1cc(Cl)ccc1Nc1nnc(C(=O)Nc2ccc(O[C@H]3CC[C@H](C(=O)O)CC3)nc2)o1. The fraction of sp³-hybridized carbons (Fsp3) is 0.318. The molecule has 12 heteroatoms. The van der Waals surface area contributed by atoms with Crippen LogP contribution in [0.15, 0.2) is 40.9 Å². The zero-order valence-electron chi connectivity index (χ0n) is 18.2. The van der Waals surface area contributed by atoms with Gasteiger partial charge in [-0.3, -0.25) is 9.59 Å². The van der Waals surface area contributed by atoms with Crippen molar-refractivity contribution in [1.29, 1.82) is 0 Å². The number of carboxylic acid groups (broad SMARTS) is 1. The number of ether oxygens (including phenoxy) is 2. The molecule has 0 radical (unpaired) electrons. The number of benzene rings is 1. The molecule has 0 unspecified atom stereocenters. The number of aromatic nitrogens is 3. The summed E-state index contributed by atoms with van der Waals surface area (Å²) in [5.74, 6) is -1.04. The zero-order valence-corrected chi connectivity index (χ0v) is 18.9. The smallest absolute Gasteiger partial charge is 0.320 e. The lowest BCUT2D eigenvalue weighted by molar-refractivity contribution is -0.143. The van der Waals surface area contributed by atoms with Gasteiger partial charge in [0.2, 0.25) is 5.88 Å². The Hall–Kier alpha value is -3.86. The maximum atomic E-state index is 12.5. The highest BCUT2D eigenvalue weighted by atomic mass is 35.5. The second kappa shape index (κ2) is 10.4. The van der Waals surface area contributed by atoms with Crippen molar-refractivity contribution in [2.45, 2.75) is 31.8 Å². The van der Waals surface area contributed by atoms with Crippen LogP contribution in [0.3, 0.4) is 0 Å². The van der Waals surface area contributed by atoms with Gasteiger partial charge in [0.05, 0.1) is 30.6 Å². The number of rotatable bonds is 8. The first kappa shape index (κ1) is 23.3. The van der Waals surface area contributed by atoms with Gasteiger partial charge in [-0.2, -0.15) is 0 Å². The van der Waals surface area contributed by atoms with Gasteiger partial charge in [0.15, 0.2) is 0 Å². The highest BCUT2D eigenvalue weighted by Crippen LogP contribution is 2.30. The van der Waals surface area contributed by atoms with E-state index in [-0.39, 0.29) is 23.9 Å². The van der Waals surface area contributed by atoms with Gasteiger partial charge < -0.3 is 29.6 Å². The molecule has 1 aromatic carbocycles. The highest BCUT2D eigenvalue weighted by molar-refractivity contribution is 6.30. The lowest BCUT2D eigenvalue weighted by Gasteiger charge is -2.26. The van der Waals surface area contributed by atoms with Crippen LogP contribution in [-0.4, -0.2) is 45.4 Å². The Morgan fingerprint density at radius 2 is 1.94 bits per heavy atom. The van der Waals surface area contributed by atoms with E-state index in [0.717, 1.165) is 0 Å². The summed E-state index contributed by atoms with van der Waals surface area (Å²) in [7, 11) is 1.50. The van der Waals surface area contributed by atoms with Crippen LogP contribution >= 0.6 is 11.6 Å². The van der Waals surface area contributed by atoms with Crippen LogP contribution in [0.25, 0.3) is 0 Å². The quantitative estimate of drug-likeness (QED) is 0.423. The van der Waals surface area contributed by atoms with Crippen molar-refractivity contribution in [3.8, 4) is 11.6 Å². The van der Waals surface area contributed by atoms with Crippen molar-refractivity contribution in [3.63, 3.8) is 0 Å². The second-order valence-electron chi connectivity index (χ2n) is 7.65. The number of carboxylic acids is 1. The summed E-state index contributed by atoms with van der Waals surface area (Å²) in [5.41, 5.74) is 0.956. The van der Waals surface area contributed by atoms with Gasteiger partial charge in [0.25, 0.3) is 0 Å². The van der Waals surface area contributed by atoms with Crippen molar-refractivity contribution in [3.05, 3.63) is 47.4 Å². The van der Waals surface area contributed by atoms with Gasteiger partial charge in [-0.1, -0.05) is 16.7 Å². The molecule has 4 rings (SSSR count). The highest BCUT2D eigenvalue weighted by Gasteiger charge is 2.27. The third kappa shape index (κ3) is 5.73. The van der Waals surface area contributed by atoms with Crippen molar-refractivity contribution >= 4 is 40.9 Å². The maximum Gasteiger partial charge on any atom is 0.320 e. The molecular formula is C22H22ClN5O6. The molecule has 0 atom stereocenters. The Morgan fingerprint density at radius 3 is 2.62 bits per heavy atom. The van der Waals surface area contributed by atoms with E-state index in [9.17, 15) is 9.59 Å². The van der Waals surface area contributed by atoms with E-state index >= 15 is 0 Å². The zero-order chi connectivity index (χ0) is 24.1. The lowest BCUT2D eigenvalue weighted by Crippen LogP contribution is -2.28. The van der Waals surface area contributed by atoms with Crippen LogP contribution < -0.4 is 20.1 Å². The first-order valence-electron chi connectivity index (χ1n) is 10.5. The Labute approximate surface area is 199 Å². The van der Waals surface area contributed by atoms with Crippen molar-refractivity contribution in [1.82, 2.24) is 15.2 Å². The van der Waals surface area contributed by atoms with Crippen molar-refractivity contribution < 1.29 is 28.6 Å². The molecule has 1 fully saturated rings. The average molecular weight is 488 g/mol. The topological polar surface area (TPSA) is 149 Å². The minimum absolute atomic E-state index is 0.00487. The fourth-order valence-electron chi connectivity index (χ4n) is 3.56. The van der Waals surface area contributed by atoms with Gasteiger partial charge in [-0.25, -0.2) is 4.98 Å². The molecule has 1 amide bonds. The molecule has 0 bridgehead atoms. The number of anilines is 3. The summed E-state index contributed by atoms with van der Waals surface area (Å²) in [5, 5.41) is 22.7. The van der Waals surface area contributed by atoms with Crippen molar-refractivity contribution in [2.24, 2.45) is 5.92 Å². The summed E-state index contributed by atoms with van der Waals surface area (Å²) < 4.78 is 16.5. The third-order valence-electron chi connectivity index (χ3n) is 5.33. The molecule has 34 heavy (non-hydrogen) atoms. The molecule has 3 N–H and O–H groups in total. The fourth-order valence-corrected chi connectivity index (χ4v) is 3.72. The Kier molecular flexibility index (Phi) is 7.12. The predicted molar refractivity (Wildman–Crippen MR) is 122 cm³/mol. The van der Waals surface area contributed by atoms with Crippen LogP contribution in [-0.2, 0) is 4.79 Å². The summed E-state index contributed by atoms with van der Waals surface area (Å²) in [4.78, 5) is 27.7. The second-order valence-corrected chi connectivity index (χ2v) is 8.09. The van der Waals surface area contributed by atoms with Gasteiger partial charge in [0.1, 0.15) is 11.9 Å². The lowest BCUT2D eigenvalue weighted by atomic mass is 9.87. The van der Waals surface area contributed by atoms with Crippen LogP contribution in [0.2, 0.25) is 5.02 Å². The molecular weight excluding hydrogens is 466 g/mol. The number of carbonyl (C=O) groups is 2. The molecule has 2 heterocycles. The predicted octanol–water partition coefficient (Wildman–Crippen LogP) is 4.14. The first-order valence-corrected chi connectivity index (χ1v) is 10.9. The maximum absolute atomic E-state index is 12.5. The van der Waals surface area contributed by atoms with E-state index < -0.39 is 11.9 Å². The van der Waals surface area contributed by atoms with E-state index in [4.69, 9.17) is 30.6 Å². The van der Waals surface area contributed by atoms with Crippen LogP contribution in [0, 0.1) is 5.92 Å². The number of hydrogen-bond acceptors (Lipinski definition) is 9. The number of pyridine rings is 1. The van der Waals surface area contributed by atoms with Gasteiger partial charge >= 0.3 is 23.8 Å². The summed E-state index contributed by atoms with van der Waals surface area (Å²) in [6, 6.07) is 8.24. The number of aliphatic carboxylic acids is 1. The van der Waals surface area contributed by atoms with Crippen LogP contribution in [0.4, 0.5) is 17.4 Å². The number of nitrogens with one attached hydrogen (secondary N) is 2. The van der Waals surface area contributed by atoms with E-state index in [1.165, 1.54) is 13.3 Å². The number of hydrogen-bond donors (Lipinski definition) is 3. The summed E-state index contributed by atoms with van der Waals surface area (Å²) in [6.45, 7) is 0. The minimum atomic E-state index is -0.759. The normalized spacial score (nSPS) is 17.6. The monoisotopic (exact) mass is 487 g/mol. The Morgan fingerprint density at radius 1 is 1.15 bits per heavy atom. The third-order valence-corrected chi connectivity index (χ3v) is 5.56. The van der Waals surface area contributed by atoms with Crippen molar-refractivity contribution in [2.75, 3.05) is 17.7 Å². The molecule has 2 aromatic heterocycles. The largest absolute Gasteiger partial charge is 0.495 e. The molecule has 1 aliphatic carbocycles. The van der Waals surface area contributed by atoms with Gasteiger partial charge in [-0.05, 0) is 43.9 Å². The van der Waals surface area contributed by atoms with E-state index in [0.29, 0.717) is 53.7 Å². The first-order chi connectivity index (χ1) is 16.4. The van der Waals surface area contributed by atoms with Gasteiger partial charge in [0, 0.05) is 17.2 Å². The average Bonchev–Trinajstić information content (AvgIpc) is 3.30. The summed E-state index contributed by atoms with van der Waals surface area (Å²) >= 11 is 5.95. The number of nitrogens with zero attached hydrogens (tertiary/aromatic N) is 3. The van der Waals surface area contributed by atoms with Gasteiger partial charge in [-0.15, -0.1) is 5.10 Å². The molecule has 0 saturated heterocycles. The molecule has 11 nitrogen and oxygen atoms in total. The Balaban J connectivity index is 1.31. The van der Waals surface area contributed by atoms with E-state index in [1.807, 2.05) is 0 Å². The summed E-state index contributed by atoms with van der Waals surface area (Å²) in [6.07, 6.45) is 3.86. The van der Waals surface area contributed by atoms with Crippen LogP contribution in [0.1, 0.15) is 36.4 Å². The molecule has 0 aliphatic heterocycles. The minimum Gasteiger partial charge on any atom is -0.495 e. The number of methoxy groups -OCH3 is 1. The number of amides is 1.